The van der Waals surface area contributed by atoms with Gasteiger partial charge in [0.2, 0.25) is 0 Å². The molecule has 0 aromatic carbocycles. The lowest BCUT2D eigenvalue weighted by Gasteiger charge is -2.35. The molecule has 0 radical (unpaired) electrons. The van der Waals surface area contributed by atoms with E-state index in [9.17, 15) is 9.90 Å². The number of esters is 1. The van der Waals surface area contributed by atoms with Crippen LogP contribution in [-0.4, -0.2) is 62.8 Å². The summed E-state index contributed by atoms with van der Waals surface area (Å²) in [6.45, 7) is 1.27. The van der Waals surface area contributed by atoms with Gasteiger partial charge in [-0.1, -0.05) is 0 Å². The van der Waals surface area contributed by atoms with Crippen molar-refractivity contribution in [3.63, 3.8) is 0 Å². The van der Waals surface area contributed by atoms with Crippen molar-refractivity contribution >= 4 is 5.97 Å². The van der Waals surface area contributed by atoms with Crippen molar-refractivity contribution in [2.75, 3.05) is 27.1 Å². The number of hydrogen-bond acceptors (Lipinski definition) is 7. The maximum Gasteiger partial charge on any atom is 0.308 e. The van der Waals surface area contributed by atoms with Crippen molar-refractivity contribution in [1.82, 2.24) is 0 Å². The molecule has 3 rings (SSSR count). The Labute approximate surface area is 129 Å². The number of carbonyl (C=O) groups excluding carboxylic acids is 1. The largest absolute Gasteiger partial charge is 0.438 e. The van der Waals surface area contributed by atoms with E-state index in [-0.39, 0.29) is 43.2 Å². The molecule has 0 spiro atoms. The highest BCUT2D eigenvalue weighted by Crippen LogP contribution is 2.42. The summed E-state index contributed by atoms with van der Waals surface area (Å²) in [4.78, 5) is 11.7. The summed E-state index contributed by atoms with van der Waals surface area (Å²) in [7, 11) is 1.56. The molecular formula is C15H24O7. The van der Waals surface area contributed by atoms with E-state index in [0.29, 0.717) is 19.6 Å². The maximum atomic E-state index is 11.7. The molecule has 1 saturated carbocycles. The Morgan fingerprint density at radius 2 is 2.05 bits per heavy atom. The smallest absolute Gasteiger partial charge is 0.308 e. The third-order valence-electron chi connectivity index (χ3n) is 4.83. The van der Waals surface area contributed by atoms with Gasteiger partial charge in [-0.25, -0.2) is 0 Å². The van der Waals surface area contributed by atoms with Gasteiger partial charge in [-0.3, -0.25) is 4.79 Å². The molecule has 2 heterocycles. The van der Waals surface area contributed by atoms with Crippen molar-refractivity contribution in [3.8, 4) is 0 Å². The Morgan fingerprint density at radius 3 is 2.77 bits per heavy atom. The first kappa shape index (κ1) is 16.1. The average Bonchev–Trinajstić information content (AvgIpc) is 2.78. The highest BCUT2D eigenvalue weighted by molar-refractivity contribution is 5.69. The fraction of sp³-hybridized carbons (Fsp3) is 0.933. The van der Waals surface area contributed by atoms with E-state index in [4.69, 9.17) is 23.7 Å². The van der Waals surface area contributed by atoms with Crippen molar-refractivity contribution < 1.29 is 33.6 Å². The first-order valence-electron chi connectivity index (χ1n) is 7.90. The number of fused-ring (bicyclic) bond motifs is 1. The normalized spacial score (nSPS) is 40.6. The van der Waals surface area contributed by atoms with E-state index in [1.54, 1.807) is 7.11 Å². The van der Waals surface area contributed by atoms with Gasteiger partial charge in [0.1, 0.15) is 0 Å². The molecule has 0 bridgehead atoms. The second-order valence-corrected chi connectivity index (χ2v) is 6.14. The number of aliphatic hydroxyl groups is 1. The summed E-state index contributed by atoms with van der Waals surface area (Å²) in [5, 5.41) is 10.3. The van der Waals surface area contributed by atoms with Gasteiger partial charge in [0.05, 0.1) is 24.7 Å². The molecule has 3 aliphatic rings. The van der Waals surface area contributed by atoms with Crippen molar-refractivity contribution in [3.05, 3.63) is 0 Å². The lowest BCUT2D eigenvalue weighted by molar-refractivity contribution is -0.240. The molecule has 0 aromatic rings. The van der Waals surface area contributed by atoms with Crippen LogP contribution in [0.1, 0.15) is 25.7 Å². The molecule has 0 amide bonds. The summed E-state index contributed by atoms with van der Waals surface area (Å²) in [5.74, 6) is -0.784. The topological polar surface area (TPSA) is 83.5 Å². The molecule has 22 heavy (non-hydrogen) atoms. The summed E-state index contributed by atoms with van der Waals surface area (Å²) in [5.41, 5.74) is 0. The summed E-state index contributed by atoms with van der Waals surface area (Å²) < 4.78 is 27.4. The molecule has 2 saturated heterocycles. The zero-order chi connectivity index (χ0) is 15.5. The molecule has 7 heteroatoms. The number of methoxy groups -OCH3 is 1. The van der Waals surface area contributed by atoms with Crippen LogP contribution >= 0.6 is 0 Å². The number of ether oxygens (including phenoxy) is 5. The minimum absolute atomic E-state index is 0.124. The van der Waals surface area contributed by atoms with Gasteiger partial charge in [-0.05, 0) is 12.8 Å². The van der Waals surface area contributed by atoms with Crippen LogP contribution in [0.2, 0.25) is 0 Å². The predicted octanol–water partition coefficient (Wildman–Crippen LogP) is 0.441. The van der Waals surface area contributed by atoms with E-state index < -0.39 is 12.4 Å². The van der Waals surface area contributed by atoms with Crippen LogP contribution in [-0.2, 0) is 28.5 Å². The molecule has 0 aromatic heterocycles. The van der Waals surface area contributed by atoms with Crippen LogP contribution in [0.5, 0.6) is 0 Å². The first-order valence-corrected chi connectivity index (χ1v) is 7.90. The van der Waals surface area contributed by atoms with Crippen molar-refractivity contribution in [1.29, 1.82) is 0 Å². The zero-order valence-corrected chi connectivity index (χ0v) is 12.8. The minimum atomic E-state index is -0.609. The maximum absolute atomic E-state index is 11.7. The zero-order valence-electron chi connectivity index (χ0n) is 12.8. The van der Waals surface area contributed by atoms with E-state index >= 15 is 0 Å². The summed E-state index contributed by atoms with van der Waals surface area (Å²) in [6.07, 6.45) is 1.15. The quantitative estimate of drug-likeness (QED) is 0.756. The van der Waals surface area contributed by atoms with Gasteiger partial charge >= 0.3 is 5.97 Å². The number of hydrogen-bond donors (Lipinski definition) is 1. The lowest BCUT2D eigenvalue weighted by atomic mass is 9.89. The monoisotopic (exact) mass is 316 g/mol. The molecule has 126 valence electrons. The highest BCUT2D eigenvalue weighted by Gasteiger charge is 2.50. The van der Waals surface area contributed by atoms with Crippen LogP contribution in [0.3, 0.4) is 0 Å². The Kier molecular flexibility index (Phi) is 5.30. The molecule has 1 aliphatic carbocycles. The Morgan fingerprint density at radius 1 is 1.27 bits per heavy atom. The van der Waals surface area contributed by atoms with Gasteiger partial charge in [0.15, 0.2) is 13.1 Å². The number of aliphatic hydroxyl groups excluding tert-OH is 1. The molecule has 1 N–H and O–H groups in total. The van der Waals surface area contributed by atoms with Crippen molar-refractivity contribution in [2.24, 2.45) is 11.8 Å². The van der Waals surface area contributed by atoms with E-state index in [1.807, 2.05) is 0 Å². The number of carbonyl (C=O) groups is 1. The van der Waals surface area contributed by atoms with Crippen LogP contribution in [0.15, 0.2) is 0 Å². The first-order chi connectivity index (χ1) is 10.7. The van der Waals surface area contributed by atoms with Gasteiger partial charge in [0.25, 0.3) is 0 Å². The number of rotatable bonds is 3. The molecule has 0 unspecified atom stereocenters. The van der Waals surface area contributed by atoms with Gasteiger partial charge < -0.3 is 28.8 Å². The van der Waals surface area contributed by atoms with Gasteiger partial charge in [0, 0.05) is 38.6 Å². The fourth-order valence-electron chi connectivity index (χ4n) is 3.71. The van der Waals surface area contributed by atoms with E-state index in [2.05, 4.69) is 0 Å². The molecule has 5 atom stereocenters. The second kappa shape index (κ2) is 7.23. The average molecular weight is 316 g/mol. The third-order valence-corrected chi connectivity index (χ3v) is 4.83. The molecule has 3 fully saturated rings. The summed E-state index contributed by atoms with van der Waals surface area (Å²) >= 11 is 0. The Balaban J connectivity index is 1.73. The standard InChI is InChI=1S/C15H24O7/c1-18-15-14-10(6-13(17)20-8-21-15)11(16)7-12(14)22-9-2-4-19-5-3-9/h9-12,14-16H,2-8H2,1H3/t10-,11+,12-,14-,15+/m0/s1. The van der Waals surface area contributed by atoms with E-state index in [0.717, 1.165) is 12.8 Å². The second-order valence-electron chi connectivity index (χ2n) is 6.14. The molecule has 7 nitrogen and oxygen atoms in total. The third kappa shape index (κ3) is 3.44. The predicted molar refractivity (Wildman–Crippen MR) is 73.8 cm³/mol. The van der Waals surface area contributed by atoms with E-state index in [1.165, 1.54) is 0 Å². The minimum Gasteiger partial charge on any atom is -0.438 e. The molecular weight excluding hydrogens is 292 g/mol. The Hall–Kier alpha value is -0.730. The summed E-state index contributed by atoms with van der Waals surface area (Å²) in [6, 6.07) is 0. The van der Waals surface area contributed by atoms with Crippen LogP contribution in [0.25, 0.3) is 0 Å². The van der Waals surface area contributed by atoms with Crippen LogP contribution in [0.4, 0.5) is 0 Å². The Bertz CT molecular complexity index is 382. The van der Waals surface area contributed by atoms with Gasteiger partial charge in [-0.15, -0.1) is 0 Å². The molecule has 2 aliphatic heterocycles. The van der Waals surface area contributed by atoms with Gasteiger partial charge in [-0.2, -0.15) is 0 Å². The van der Waals surface area contributed by atoms with Crippen LogP contribution in [0, 0.1) is 11.8 Å². The highest BCUT2D eigenvalue weighted by atomic mass is 16.8. The lowest BCUT2D eigenvalue weighted by Crippen LogP contribution is -2.42. The van der Waals surface area contributed by atoms with Crippen LogP contribution < -0.4 is 0 Å². The van der Waals surface area contributed by atoms with Crippen molar-refractivity contribution in [2.45, 2.75) is 50.3 Å². The SMILES string of the molecule is CO[C@@H]1OCOC(=O)C[C@@H]2[C@H]1[C@@H](OC1CCOCC1)C[C@H]2O. The number of cyclic esters (lactones) is 1. The fourth-order valence-corrected chi connectivity index (χ4v) is 3.71.